The van der Waals surface area contributed by atoms with E-state index < -0.39 is 11.8 Å². The molecule has 0 radical (unpaired) electrons. The second-order valence-electron chi connectivity index (χ2n) is 8.39. The molecule has 192 valence electrons. The Morgan fingerprint density at radius 2 is 1.61 bits per heavy atom. The molecular weight excluding hydrogens is 523 g/mol. The minimum absolute atomic E-state index is 0.00836. The highest BCUT2D eigenvalue weighted by atomic mass is 35.5. The zero-order chi connectivity index (χ0) is 27.1. The van der Waals surface area contributed by atoms with Crippen molar-refractivity contribution in [2.75, 3.05) is 19.0 Å². The summed E-state index contributed by atoms with van der Waals surface area (Å²) in [4.78, 5) is 27.9. The second kappa shape index (κ2) is 12.3. The lowest BCUT2D eigenvalue weighted by Crippen LogP contribution is -2.33. The fourth-order valence-electron chi connectivity index (χ4n) is 3.44. The van der Waals surface area contributed by atoms with Crippen LogP contribution in [0.4, 0.5) is 5.69 Å². The summed E-state index contributed by atoms with van der Waals surface area (Å²) in [5.74, 6) is -0.0873. The van der Waals surface area contributed by atoms with Crippen molar-refractivity contribution in [1.29, 1.82) is 0 Å². The molecule has 0 saturated heterocycles. The summed E-state index contributed by atoms with van der Waals surface area (Å²) in [5, 5.41) is 7.54. The Balaban J connectivity index is 1.52. The Kier molecular flexibility index (Phi) is 8.63. The van der Waals surface area contributed by atoms with Gasteiger partial charge in [-0.2, -0.15) is 5.10 Å². The number of carbonyl (C=O) groups excluding carboxylic acids is 2. The maximum absolute atomic E-state index is 13.0. The van der Waals surface area contributed by atoms with E-state index in [-0.39, 0.29) is 16.3 Å². The Bertz CT molecular complexity index is 1490. The van der Waals surface area contributed by atoms with Crippen LogP contribution in [0.1, 0.15) is 21.7 Å². The van der Waals surface area contributed by atoms with Crippen molar-refractivity contribution in [1.82, 2.24) is 10.7 Å². The summed E-state index contributed by atoms with van der Waals surface area (Å²) in [7, 11) is 3.87. The number of nitrogens with zero attached hydrogens (tertiary/aromatic N) is 2. The molecule has 4 aromatic rings. The first-order chi connectivity index (χ1) is 18.3. The van der Waals surface area contributed by atoms with Crippen molar-refractivity contribution in [3.63, 3.8) is 0 Å². The van der Waals surface area contributed by atoms with Crippen LogP contribution in [0.5, 0.6) is 0 Å². The number of rotatable bonds is 8. The summed E-state index contributed by atoms with van der Waals surface area (Å²) in [6.07, 6.45) is 2.93. The van der Waals surface area contributed by atoms with E-state index in [0.717, 1.165) is 11.3 Å². The predicted molar refractivity (Wildman–Crippen MR) is 153 cm³/mol. The van der Waals surface area contributed by atoms with Crippen LogP contribution in [0.3, 0.4) is 0 Å². The first kappa shape index (κ1) is 26.7. The van der Waals surface area contributed by atoms with Gasteiger partial charge in [-0.1, -0.05) is 47.5 Å². The summed E-state index contributed by atoms with van der Waals surface area (Å²) >= 11 is 12.1. The van der Waals surface area contributed by atoms with Crippen LogP contribution in [-0.4, -0.2) is 32.1 Å². The Morgan fingerprint density at radius 3 is 2.29 bits per heavy atom. The number of carbonyl (C=O) groups is 2. The molecule has 0 aliphatic rings. The minimum Gasteiger partial charge on any atom is -0.455 e. The largest absolute Gasteiger partial charge is 0.455 e. The van der Waals surface area contributed by atoms with Gasteiger partial charge in [-0.25, -0.2) is 5.43 Å². The second-order valence-corrected chi connectivity index (χ2v) is 9.23. The molecule has 1 heterocycles. The lowest BCUT2D eigenvalue weighted by molar-refractivity contribution is -0.117. The normalized spacial score (nSPS) is 11.4. The van der Waals surface area contributed by atoms with Crippen LogP contribution in [-0.2, 0) is 4.79 Å². The van der Waals surface area contributed by atoms with Crippen LogP contribution in [0, 0.1) is 0 Å². The molecule has 1 aromatic heterocycles. The van der Waals surface area contributed by atoms with Crippen molar-refractivity contribution < 1.29 is 14.0 Å². The molecule has 2 amide bonds. The van der Waals surface area contributed by atoms with Gasteiger partial charge in [0.2, 0.25) is 0 Å². The molecule has 0 bridgehead atoms. The monoisotopic (exact) mass is 546 g/mol. The van der Waals surface area contributed by atoms with E-state index in [1.165, 1.54) is 6.21 Å². The number of anilines is 1. The zero-order valence-electron chi connectivity index (χ0n) is 20.6. The predicted octanol–water partition coefficient (Wildman–Crippen LogP) is 6.24. The van der Waals surface area contributed by atoms with Gasteiger partial charge in [0.1, 0.15) is 17.2 Å². The molecule has 0 fully saturated rings. The molecule has 7 nitrogen and oxygen atoms in total. The Labute approximate surface area is 230 Å². The van der Waals surface area contributed by atoms with E-state index in [0.29, 0.717) is 22.1 Å². The molecule has 38 heavy (non-hydrogen) atoms. The third kappa shape index (κ3) is 6.91. The molecule has 0 saturated carbocycles. The molecule has 3 aromatic carbocycles. The summed E-state index contributed by atoms with van der Waals surface area (Å²) in [6, 6.07) is 24.8. The van der Waals surface area contributed by atoms with E-state index in [9.17, 15) is 9.59 Å². The molecule has 0 spiro atoms. The van der Waals surface area contributed by atoms with Gasteiger partial charge in [0.15, 0.2) is 0 Å². The van der Waals surface area contributed by atoms with Gasteiger partial charge in [0.25, 0.3) is 11.8 Å². The number of hydrazone groups is 1. The fraction of sp³-hybridized carbons (Fsp3) is 0.0690. The van der Waals surface area contributed by atoms with E-state index in [1.54, 1.807) is 54.6 Å². The van der Waals surface area contributed by atoms with Crippen LogP contribution in [0.2, 0.25) is 10.0 Å². The van der Waals surface area contributed by atoms with E-state index in [4.69, 9.17) is 27.6 Å². The van der Waals surface area contributed by atoms with E-state index >= 15 is 0 Å². The number of furan rings is 1. The Hall–Kier alpha value is -4.33. The third-order valence-corrected chi connectivity index (χ3v) is 6.03. The van der Waals surface area contributed by atoms with Crippen LogP contribution < -0.4 is 15.6 Å². The van der Waals surface area contributed by atoms with Crippen molar-refractivity contribution in [2.45, 2.75) is 0 Å². The first-order valence-corrected chi connectivity index (χ1v) is 12.3. The lowest BCUT2D eigenvalue weighted by Gasteiger charge is -2.13. The minimum atomic E-state index is -0.622. The molecule has 0 atom stereocenters. The summed E-state index contributed by atoms with van der Waals surface area (Å²) in [6.45, 7) is 0. The fourth-order valence-corrected chi connectivity index (χ4v) is 3.78. The topological polar surface area (TPSA) is 86.9 Å². The summed E-state index contributed by atoms with van der Waals surface area (Å²) in [5.41, 5.74) is 5.23. The molecule has 4 rings (SSSR count). The van der Waals surface area contributed by atoms with Crippen molar-refractivity contribution in [2.24, 2.45) is 5.10 Å². The average molecular weight is 547 g/mol. The molecular formula is C29H24Cl2N4O3. The number of halogens is 2. The van der Waals surface area contributed by atoms with Gasteiger partial charge >= 0.3 is 0 Å². The molecule has 2 N–H and O–H groups in total. The van der Waals surface area contributed by atoms with Gasteiger partial charge in [0, 0.05) is 30.4 Å². The maximum atomic E-state index is 13.0. The number of amides is 2. The molecule has 0 unspecified atom stereocenters. The quantitative estimate of drug-likeness (QED) is 0.155. The van der Waals surface area contributed by atoms with Crippen LogP contribution in [0.25, 0.3) is 17.4 Å². The van der Waals surface area contributed by atoms with Crippen molar-refractivity contribution in [3.8, 4) is 11.3 Å². The highest BCUT2D eigenvalue weighted by Crippen LogP contribution is 2.23. The van der Waals surface area contributed by atoms with Gasteiger partial charge in [-0.15, -0.1) is 0 Å². The SMILES string of the molecule is CN(C)c1ccc(/C=C(/NC(=O)c2ccccc2Cl)C(=O)NN=Cc2ccc(-c3ccc(Cl)cc3)o2)cc1. The first-order valence-electron chi connectivity index (χ1n) is 11.5. The van der Waals surface area contributed by atoms with Gasteiger partial charge in [-0.05, 0) is 72.3 Å². The standard InChI is InChI=1S/C29H24Cl2N4O3/c1-35(2)22-13-7-19(8-14-22)17-26(33-28(36)24-5-3-4-6-25(24)31)29(37)34-32-18-23-15-16-27(38-23)20-9-11-21(30)12-10-20/h3-18H,1-2H3,(H,33,36)(H,34,37)/b26-17+,32-18?. The van der Waals surface area contributed by atoms with E-state index in [1.807, 2.05) is 55.4 Å². The number of nitrogens with one attached hydrogen (secondary N) is 2. The highest BCUT2D eigenvalue weighted by molar-refractivity contribution is 6.34. The smallest absolute Gasteiger partial charge is 0.287 e. The molecule has 0 aliphatic heterocycles. The van der Waals surface area contributed by atoms with Gasteiger partial charge in [-0.3, -0.25) is 9.59 Å². The lowest BCUT2D eigenvalue weighted by atomic mass is 10.1. The highest BCUT2D eigenvalue weighted by Gasteiger charge is 2.16. The average Bonchev–Trinajstić information content (AvgIpc) is 3.38. The van der Waals surface area contributed by atoms with Gasteiger partial charge in [0.05, 0.1) is 16.8 Å². The summed E-state index contributed by atoms with van der Waals surface area (Å²) < 4.78 is 5.77. The van der Waals surface area contributed by atoms with Crippen molar-refractivity contribution in [3.05, 3.63) is 118 Å². The number of benzene rings is 3. The zero-order valence-corrected chi connectivity index (χ0v) is 22.1. The molecule has 0 aliphatic carbocycles. The van der Waals surface area contributed by atoms with Crippen LogP contribution in [0.15, 0.2) is 100 Å². The van der Waals surface area contributed by atoms with Gasteiger partial charge < -0.3 is 14.6 Å². The number of hydrogen-bond acceptors (Lipinski definition) is 5. The maximum Gasteiger partial charge on any atom is 0.287 e. The Morgan fingerprint density at radius 1 is 0.895 bits per heavy atom. The number of hydrogen-bond donors (Lipinski definition) is 2. The van der Waals surface area contributed by atoms with Crippen LogP contribution >= 0.6 is 23.2 Å². The van der Waals surface area contributed by atoms with Crippen molar-refractivity contribution >= 4 is 53.0 Å². The third-order valence-electron chi connectivity index (χ3n) is 5.45. The van der Waals surface area contributed by atoms with E-state index in [2.05, 4.69) is 15.8 Å². The molecule has 9 heteroatoms.